The molecule has 1 aromatic carbocycles. The van der Waals surface area contributed by atoms with Crippen molar-refractivity contribution in [1.82, 2.24) is 10.2 Å². The Morgan fingerprint density at radius 1 is 1.12 bits per heavy atom. The lowest BCUT2D eigenvalue weighted by Gasteiger charge is -2.45. The third-order valence-corrected chi connectivity index (χ3v) is 6.74. The van der Waals surface area contributed by atoms with E-state index in [1.165, 1.54) is 23.3 Å². The first-order chi connectivity index (χ1) is 15.5. The normalized spacial score (nSPS) is 20.2. The molecular formula is C25H34N4O3. The molecule has 0 spiro atoms. The largest absolute Gasteiger partial charge is 0.358 e. The number of carbonyl (C=O) groups excluding carboxylic acids is 3. The van der Waals surface area contributed by atoms with Crippen LogP contribution in [0.4, 0.5) is 11.4 Å². The van der Waals surface area contributed by atoms with Gasteiger partial charge in [0, 0.05) is 32.7 Å². The Morgan fingerprint density at radius 3 is 2.72 bits per heavy atom. The predicted molar refractivity (Wildman–Crippen MR) is 126 cm³/mol. The summed E-state index contributed by atoms with van der Waals surface area (Å²) < 4.78 is 0. The van der Waals surface area contributed by atoms with E-state index in [1.54, 1.807) is 25.1 Å². The molecule has 7 heteroatoms. The zero-order valence-electron chi connectivity index (χ0n) is 19.2. The van der Waals surface area contributed by atoms with E-state index in [-0.39, 0.29) is 30.3 Å². The summed E-state index contributed by atoms with van der Waals surface area (Å²) in [6.45, 7) is 1.39. The van der Waals surface area contributed by atoms with Crippen molar-refractivity contribution in [2.75, 3.05) is 43.5 Å². The summed E-state index contributed by atoms with van der Waals surface area (Å²) in [5.41, 5.74) is 3.53. The number of amides is 3. The van der Waals surface area contributed by atoms with Gasteiger partial charge in [0.15, 0.2) is 0 Å². The van der Waals surface area contributed by atoms with Gasteiger partial charge >= 0.3 is 0 Å². The molecular weight excluding hydrogens is 404 g/mol. The molecule has 1 saturated heterocycles. The Bertz CT molecular complexity index is 924. The third-order valence-electron chi connectivity index (χ3n) is 6.74. The number of carbonyl (C=O) groups is 3. The van der Waals surface area contributed by atoms with Gasteiger partial charge in [-0.05, 0) is 69.6 Å². The van der Waals surface area contributed by atoms with E-state index >= 15 is 0 Å². The number of hydrogen-bond donors (Lipinski definition) is 1. The molecule has 172 valence electrons. The van der Waals surface area contributed by atoms with E-state index in [0.29, 0.717) is 17.8 Å². The van der Waals surface area contributed by atoms with Crippen LogP contribution in [0, 0.1) is 0 Å². The van der Waals surface area contributed by atoms with E-state index in [0.717, 1.165) is 50.8 Å². The minimum absolute atomic E-state index is 0.0190. The van der Waals surface area contributed by atoms with Crippen LogP contribution in [0.1, 0.15) is 61.7 Å². The highest BCUT2D eigenvalue weighted by Gasteiger charge is 2.40. The summed E-state index contributed by atoms with van der Waals surface area (Å²) in [7, 11) is 3.42. The molecule has 7 nitrogen and oxygen atoms in total. The van der Waals surface area contributed by atoms with Crippen molar-refractivity contribution >= 4 is 29.1 Å². The lowest BCUT2D eigenvalue weighted by Crippen LogP contribution is -2.57. The van der Waals surface area contributed by atoms with Gasteiger partial charge in [0.05, 0.1) is 11.4 Å². The van der Waals surface area contributed by atoms with Crippen molar-refractivity contribution in [1.29, 1.82) is 0 Å². The maximum atomic E-state index is 13.4. The first-order valence-electron chi connectivity index (χ1n) is 11.8. The van der Waals surface area contributed by atoms with Crippen LogP contribution in [0.2, 0.25) is 0 Å². The van der Waals surface area contributed by atoms with Crippen molar-refractivity contribution in [3.05, 3.63) is 35.4 Å². The lowest BCUT2D eigenvalue weighted by atomic mass is 9.95. The van der Waals surface area contributed by atoms with Gasteiger partial charge < -0.3 is 15.1 Å². The standard InChI is InChI=1S/C25H34N4O3/c1-27(2)24(31)19-11-12-20-22(16-19)29(25(32)21-10-6-7-15-28(20)21)17-23(30)26-14-13-18-8-4-3-5-9-18/h8,11-12,16,21H,3-7,9-10,13-15,17H2,1-2H3,(H,26,30). The fraction of sp³-hybridized carbons (Fsp3) is 0.560. The Labute approximate surface area is 190 Å². The highest BCUT2D eigenvalue weighted by molar-refractivity contribution is 6.09. The quantitative estimate of drug-likeness (QED) is 0.693. The van der Waals surface area contributed by atoms with Crippen LogP contribution in [0.3, 0.4) is 0 Å². The van der Waals surface area contributed by atoms with Gasteiger partial charge in [-0.2, -0.15) is 0 Å². The maximum Gasteiger partial charge on any atom is 0.253 e. The van der Waals surface area contributed by atoms with Gasteiger partial charge in [0.1, 0.15) is 12.6 Å². The summed E-state index contributed by atoms with van der Waals surface area (Å²) in [4.78, 5) is 44.0. The van der Waals surface area contributed by atoms with Gasteiger partial charge in [-0.15, -0.1) is 0 Å². The number of fused-ring (bicyclic) bond motifs is 3. The van der Waals surface area contributed by atoms with E-state index in [1.807, 2.05) is 12.1 Å². The van der Waals surface area contributed by atoms with Crippen molar-refractivity contribution in [2.24, 2.45) is 0 Å². The molecule has 0 saturated carbocycles. The second-order valence-electron chi connectivity index (χ2n) is 9.24. The zero-order chi connectivity index (χ0) is 22.7. The van der Waals surface area contributed by atoms with Gasteiger partial charge in [-0.25, -0.2) is 0 Å². The smallest absolute Gasteiger partial charge is 0.253 e. The second-order valence-corrected chi connectivity index (χ2v) is 9.24. The van der Waals surface area contributed by atoms with Crippen LogP contribution in [0.15, 0.2) is 29.8 Å². The van der Waals surface area contributed by atoms with Crippen molar-refractivity contribution < 1.29 is 14.4 Å². The minimum Gasteiger partial charge on any atom is -0.358 e. The van der Waals surface area contributed by atoms with Crippen LogP contribution >= 0.6 is 0 Å². The van der Waals surface area contributed by atoms with Crippen molar-refractivity contribution in [3.63, 3.8) is 0 Å². The lowest BCUT2D eigenvalue weighted by molar-refractivity contribution is -0.124. The number of nitrogens with one attached hydrogen (secondary N) is 1. The Kier molecular flexibility index (Phi) is 6.82. The first kappa shape index (κ1) is 22.4. The highest BCUT2D eigenvalue weighted by atomic mass is 16.2. The van der Waals surface area contributed by atoms with E-state index in [2.05, 4.69) is 16.3 Å². The maximum absolute atomic E-state index is 13.4. The van der Waals surface area contributed by atoms with Crippen molar-refractivity contribution in [3.8, 4) is 0 Å². The molecule has 1 atom stereocenters. The van der Waals surface area contributed by atoms with E-state index in [4.69, 9.17) is 0 Å². The summed E-state index contributed by atoms with van der Waals surface area (Å²) in [6.07, 6.45) is 10.7. The fourth-order valence-electron chi connectivity index (χ4n) is 5.01. The molecule has 0 bridgehead atoms. The molecule has 1 aromatic rings. The molecule has 1 aliphatic carbocycles. The molecule has 0 aromatic heterocycles. The Balaban J connectivity index is 1.52. The molecule has 4 rings (SSSR count). The number of hydrogen-bond acceptors (Lipinski definition) is 4. The predicted octanol–water partition coefficient (Wildman–Crippen LogP) is 3.10. The molecule has 32 heavy (non-hydrogen) atoms. The number of nitrogens with zero attached hydrogens (tertiary/aromatic N) is 3. The van der Waals surface area contributed by atoms with Gasteiger partial charge in [-0.3, -0.25) is 19.3 Å². The fourth-order valence-corrected chi connectivity index (χ4v) is 5.01. The Morgan fingerprint density at radius 2 is 1.97 bits per heavy atom. The average molecular weight is 439 g/mol. The first-order valence-corrected chi connectivity index (χ1v) is 11.8. The number of anilines is 2. The van der Waals surface area contributed by atoms with Crippen LogP contribution in [-0.4, -0.2) is 62.4 Å². The average Bonchev–Trinajstić information content (AvgIpc) is 2.81. The highest BCUT2D eigenvalue weighted by Crippen LogP contribution is 2.40. The monoisotopic (exact) mass is 438 g/mol. The number of piperidine rings is 1. The molecule has 1 N–H and O–H groups in total. The molecule has 1 fully saturated rings. The van der Waals surface area contributed by atoms with Crippen LogP contribution in [-0.2, 0) is 9.59 Å². The van der Waals surface area contributed by atoms with Gasteiger partial charge in [-0.1, -0.05) is 11.6 Å². The second kappa shape index (κ2) is 9.76. The molecule has 2 heterocycles. The summed E-state index contributed by atoms with van der Waals surface area (Å²) in [5.74, 6) is -0.322. The van der Waals surface area contributed by atoms with E-state index < -0.39 is 0 Å². The van der Waals surface area contributed by atoms with Crippen LogP contribution < -0.4 is 15.1 Å². The van der Waals surface area contributed by atoms with Crippen LogP contribution in [0.5, 0.6) is 0 Å². The summed E-state index contributed by atoms with van der Waals surface area (Å²) >= 11 is 0. The third kappa shape index (κ3) is 4.66. The number of allylic oxidation sites excluding steroid dienone is 1. The number of rotatable bonds is 6. The zero-order valence-corrected chi connectivity index (χ0v) is 19.2. The topological polar surface area (TPSA) is 73.0 Å². The van der Waals surface area contributed by atoms with Gasteiger partial charge in [0.2, 0.25) is 11.8 Å². The number of benzene rings is 1. The molecule has 2 aliphatic heterocycles. The van der Waals surface area contributed by atoms with Crippen molar-refractivity contribution in [2.45, 2.75) is 57.4 Å². The molecule has 1 unspecified atom stereocenters. The van der Waals surface area contributed by atoms with E-state index in [9.17, 15) is 14.4 Å². The summed E-state index contributed by atoms with van der Waals surface area (Å²) in [6, 6.07) is 5.28. The molecule has 3 amide bonds. The molecule has 0 radical (unpaired) electrons. The van der Waals surface area contributed by atoms with Gasteiger partial charge in [0.25, 0.3) is 5.91 Å². The van der Waals surface area contributed by atoms with Crippen LogP contribution in [0.25, 0.3) is 0 Å². The SMILES string of the molecule is CN(C)C(=O)c1ccc2c(c1)N(CC(=O)NCCC1=CCCCC1)C(=O)C1CCCCN21. The molecule has 3 aliphatic rings. The Hall–Kier alpha value is -2.83. The minimum atomic E-state index is -0.230. The summed E-state index contributed by atoms with van der Waals surface area (Å²) in [5, 5.41) is 2.99.